The third-order valence-electron chi connectivity index (χ3n) is 3.13. The first-order chi connectivity index (χ1) is 9.06. The molecule has 2 aromatic rings. The number of anilines is 1. The van der Waals surface area contributed by atoms with E-state index in [0.29, 0.717) is 16.3 Å². The van der Waals surface area contributed by atoms with Crippen LogP contribution in [0, 0.1) is 6.92 Å². The fourth-order valence-corrected chi connectivity index (χ4v) is 2.40. The van der Waals surface area contributed by atoms with Crippen LogP contribution < -0.4 is 5.32 Å². The lowest BCUT2D eigenvalue weighted by Gasteiger charge is -2.06. The van der Waals surface area contributed by atoms with Gasteiger partial charge in [0.25, 0.3) is 0 Å². The largest absolute Gasteiger partial charge is 0.461 e. The van der Waals surface area contributed by atoms with E-state index < -0.39 is 0 Å². The second kappa shape index (κ2) is 4.24. The van der Waals surface area contributed by atoms with E-state index in [1.165, 1.54) is 6.26 Å². The average molecular weight is 276 g/mol. The fourth-order valence-electron chi connectivity index (χ4n) is 2.15. The van der Waals surface area contributed by atoms with Gasteiger partial charge in [-0.2, -0.15) is 0 Å². The predicted octanol–water partition coefficient (Wildman–Crippen LogP) is 2.97. The SMILES string of the molecule is Cc1ccoc1C(=O)c1cc2c(cc1Cl)NC(=O)C2. The molecule has 0 atom stereocenters. The number of amides is 1. The van der Waals surface area contributed by atoms with Crippen LogP contribution in [0.25, 0.3) is 0 Å². The summed E-state index contributed by atoms with van der Waals surface area (Å²) < 4.78 is 5.19. The summed E-state index contributed by atoms with van der Waals surface area (Å²) in [5, 5.41) is 3.00. The van der Waals surface area contributed by atoms with Gasteiger partial charge in [-0.3, -0.25) is 9.59 Å². The van der Waals surface area contributed by atoms with Crippen molar-refractivity contribution in [3.05, 3.63) is 51.9 Å². The zero-order valence-corrected chi connectivity index (χ0v) is 10.9. The number of furan rings is 1. The van der Waals surface area contributed by atoms with E-state index in [0.717, 1.165) is 11.1 Å². The standard InChI is InChI=1S/C14H10ClNO3/c1-7-2-3-19-14(7)13(18)9-4-8-5-12(17)16-11(8)6-10(9)15/h2-4,6H,5H2,1H3,(H,16,17). The summed E-state index contributed by atoms with van der Waals surface area (Å²) in [5.41, 5.74) is 2.57. The summed E-state index contributed by atoms with van der Waals surface area (Å²) in [4.78, 5) is 23.7. The summed E-state index contributed by atoms with van der Waals surface area (Å²) in [6.07, 6.45) is 1.73. The molecular formula is C14H10ClNO3. The van der Waals surface area contributed by atoms with Crippen molar-refractivity contribution in [1.82, 2.24) is 0 Å². The van der Waals surface area contributed by atoms with Crippen molar-refractivity contribution in [3.63, 3.8) is 0 Å². The van der Waals surface area contributed by atoms with Crippen LogP contribution >= 0.6 is 11.6 Å². The van der Waals surface area contributed by atoms with Gasteiger partial charge in [0.1, 0.15) is 0 Å². The van der Waals surface area contributed by atoms with Crippen LogP contribution in [-0.2, 0) is 11.2 Å². The summed E-state index contributed by atoms with van der Waals surface area (Å²) in [7, 11) is 0. The third kappa shape index (κ3) is 1.94. The van der Waals surface area contributed by atoms with Crippen LogP contribution in [0.1, 0.15) is 27.2 Å². The molecule has 1 aliphatic rings. The molecule has 19 heavy (non-hydrogen) atoms. The maximum Gasteiger partial charge on any atom is 0.229 e. The molecule has 0 saturated heterocycles. The number of carbonyl (C=O) groups is 2. The van der Waals surface area contributed by atoms with Gasteiger partial charge in [0, 0.05) is 11.3 Å². The molecule has 1 amide bonds. The molecule has 1 N–H and O–H groups in total. The van der Waals surface area contributed by atoms with Gasteiger partial charge < -0.3 is 9.73 Å². The van der Waals surface area contributed by atoms with Gasteiger partial charge in [-0.25, -0.2) is 0 Å². The van der Waals surface area contributed by atoms with Crippen LogP contribution in [0.5, 0.6) is 0 Å². The third-order valence-corrected chi connectivity index (χ3v) is 3.44. The monoisotopic (exact) mass is 275 g/mol. The number of nitrogens with one attached hydrogen (secondary N) is 1. The Morgan fingerprint density at radius 3 is 2.89 bits per heavy atom. The molecule has 0 radical (unpaired) electrons. The Morgan fingerprint density at radius 1 is 1.42 bits per heavy atom. The van der Waals surface area contributed by atoms with Crippen molar-refractivity contribution in [2.75, 3.05) is 5.32 Å². The number of carbonyl (C=O) groups excluding carboxylic acids is 2. The van der Waals surface area contributed by atoms with E-state index in [9.17, 15) is 9.59 Å². The summed E-state index contributed by atoms with van der Waals surface area (Å²) >= 11 is 6.11. The molecule has 2 heterocycles. The van der Waals surface area contributed by atoms with Crippen LogP contribution in [0.15, 0.2) is 28.9 Å². The fraction of sp³-hybridized carbons (Fsp3) is 0.143. The Kier molecular flexibility index (Phi) is 2.68. The molecular weight excluding hydrogens is 266 g/mol. The summed E-state index contributed by atoms with van der Waals surface area (Å²) in [5.74, 6) is -0.0846. The molecule has 0 saturated carbocycles. The molecule has 3 rings (SSSR count). The minimum Gasteiger partial charge on any atom is -0.461 e. The van der Waals surface area contributed by atoms with Gasteiger partial charge in [-0.05, 0) is 36.2 Å². The minimum atomic E-state index is -0.269. The topological polar surface area (TPSA) is 59.3 Å². The van der Waals surface area contributed by atoms with Crippen LogP contribution in [0.2, 0.25) is 5.02 Å². The van der Waals surface area contributed by atoms with Crippen LogP contribution in [0.3, 0.4) is 0 Å². The van der Waals surface area contributed by atoms with Crippen molar-refractivity contribution >= 4 is 29.0 Å². The molecule has 1 aromatic carbocycles. The molecule has 0 unspecified atom stereocenters. The number of aryl methyl sites for hydroxylation is 1. The van der Waals surface area contributed by atoms with Crippen molar-refractivity contribution in [2.45, 2.75) is 13.3 Å². The number of fused-ring (bicyclic) bond motifs is 1. The first-order valence-corrected chi connectivity index (χ1v) is 6.15. The zero-order chi connectivity index (χ0) is 13.6. The number of hydrogen-bond acceptors (Lipinski definition) is 3. The van der Waals surface area contributed by atoms with Crippen LogP contribution in [-0.4, -0.2) is 11.7 Å². The Labute approximate surface area is 114 Å². The maximum atomic E-state index is 12.3. The van der Waals surface area contributed by atoms with Gasteiger partial charge in [-0.15, -0.1) is 0 Å². The Hall–Kier alpha value is -2.07. The van der Waals surface area contributed by atoms with Crippen molar-refractivity contribution in [1.29, 1.82) is 0 Å². The number of ketones is 1. The molecule has 0 aliphatic carbocycles. The molecule has 1 aliphatic heterocycles. The molecule has 0 fully saturated rings. The minimum absolute atomic E-state index is 0.0927. The highest BCUT2D eigenvalue weighted by Crippen LogP contribution is 2.31. The van der Waals surface area contributed by atoms with Gasteiger partial charge in [0.05, 0.1) is 17.7 Å². The normalized spacial score (nSPS) is 13.3. The molecule has 96 valence electrons. The molecule has 0 bridgehead atoms. The van der Waals surface area contributed by atoms with E-state index in [2.05, 4.69) is 5.32 Å². The highest BCUT2D eigenvalue weighted by molar-refractivity contribution is 6.35. The molecule has 1 aromatic heterocycles. The highest BCUT2D eigenvalue weighted by Gasteiger charge is 2.24. The van der Waals surface area contributed by atoms with E-state index in [4.69, 9.17) is 16.0 Å². The Balaban J connectivity index is 2.07. The van der Waals surface area contributed by atoms with Gasteiger partial charge in [0.2, 0.25) is 11.7 Å². The average Bonchev–Trinajstić information content (AvgIpc) is 2.92. The van der Waals surface area contributed by atoms with Crippen molar-refractivity contribution in [2.24, 2.45) is 0 Å². The van der Waals surface area contributed by atoms with Gasteiger partial charge >= 0.3 is 0 Å². The lowest BCUT2D eigenvalue weighted by atomic mass is 10.0. The Morgan fingerprint density at radius 2 is 2.21 bits per heavy atom. The molecule has 5 heteroatoms. The maximum absolute atomic E-state index is 12.3. The quantitative estimate of drug-likeness (QED) is 0.857. The first kappa shape index (κ1) is 12.0. The summed E-state index contributed by atoms with van der Waals surface area (Å²) in [6.45, 7) is 1.79. The summed E-state index contributed by atoms with van der Waals surface area (Å²) in [6, 6.07) is 4.98. The smallest absolute Gasteiger partial charge is 0.229 e. The van der Waals surface area contributed by atoms with E-state index in [-0.39, 0.29) is 23.9 Å². The van der Waals surface area contributed by atoms with E-state index in [1.54, 1.807) is 25.1 Å². The molecule has 4 nitrogen and oxygen atoms in total. The second-order valence-electron chi connectivity index (χ2n) is 4.48. The second-order valence-corrected chi connectivity index (χ2v) is 4.88. The van der Waals surface area contributed by atoms with Crippen LogP contribution in [0.4, 0.5) is 5.69 Å². The van der Waals surface area contributed by atoms with Crippen molar-refractivity contribution in [3.8, 4) is 0 Å². The number of benzene rings is 1. The number of hydrogen-bond donors (Lipinski definition) is 1. The van der Waals surface area contributed by atoms with E-state index in [1.807, 2.05) is 0 Å². The van der Waals surface area contributed by atoms with Gasteiger partial charge in [-0.1, -0.05) is 11.6 Å². The number of halogens is 1. The molecule has 0 spiro atoms. The lowest BCUT2D eigenvalue weighted by Crippen LogP contribution is -2.03. The first-order valence-electron chi connectivity index (χ1n) is 5.77. The highest BCUT2D eigenvalue weighted by atomic mass is 35.5. The predicted molar refractivity (Wildman–Crippen MR) is 70.7 cm³/mol. The Bertz CT molecular complexity index is 703. The van der Waals surface area contributed by atoms with Gasteiger partial charge in [0.15, 0.2) is 5.76 Å². The number of rotatable bonds is 2. The lowest BCUT2D eigenvalue weighted by molar-refractivity contribution is -0.115. The zero-order valence-electron chi connectivity index (χ0n) is 10.1. The van der Waals surface area contributed by atoms with Crippen molar-refractivity contribution < 1.29 is 14.0 Å². The van der Waals surface area contributed by atoms with E-state index >= 15 is 0 Å².